The summed E-state index contributed by atoms with van der Waals surface area (Å²) in [5.41, 5.74) is 4.51. The van der Waals surface area contributed by atoms with Crippen LogP contribution >= 0.6 is 0 Å². The van der Waals surface area contributed by atoms with Crippen LogP contribution in [0.15, 0.2) is 18.2 Å². The quantitative estimate of drug-likeness (QED) is 0.783. The maximum atomic E-state index is 5.95. The fraction of sp³-hybridized carbons (Fsp3) is 0.684. The summed E-state index contributed by atoms with van der Waals surface area (Å²) < 4.78 is 5.95. The molecule has 21 heavy (non-hydrogen) atoms. The van der Waals surface area contributed by atoms with Gasteiger partial charge in [0.2, 0.25) is 0 Å². The molecule has 118 valence electrons. The summed E-state index contributed by atoms with van der Waals surface area (Å²) in [5.74, 6) is 0. The first-order valence-electron chi connectivity index (χ1n) is 8.58. The average Bonchev–Trinajstić information content (AvgIpc) is 2.97. The molecule has 1 aliphatic carbocycles. The van der Waals surface area contributed by atoms with Gasteiger partial charge in [0.1, 0.15) is 0 Å². The molecule has 0 saturated carbocycles. The average molecular weight is 289 g/mol. The van der Waals surface area contributed by atoms with Gasteiger partial charge in [0.05, 0.1) is 5.60 Å². The van der Waals surface area contributed by atoms with Crippen molar-refractivity contribution in [2.24, 2.45) is 0 Å². The van der Waals surface area contributed by atoms with Crippen molar-refractivity contribution in [1.82, 2.24) is 5.32 Å². The number of fused-ring (bicyclic) bond motifs is 1. The lowest BCUT2D eigenvalue weighted by Gasteiger charge is -2.39. The van der Waals surface area contributed by atoms with Crippen molar-refractivity contribution >= 4 is 0 Å². The molecule has 0 aromatic heterocycles. The summed E-state index contributed by atoms with van der Waals surface area (Å²) in [7, 11) is 1.86. The molecule has 1 aromatic rings. The van der Waals surface area contributed by atoms with E-state index in [0.717, 1.165) is 25.8 Å². The maximum absolute atomic E-state index is 5.95. The third-order valence-electron chi connectivity index (χ3n) is 5.29. The van der Waals surface area contributed by atoms with Crippen LogP contribution in [-0.2, 0) is 24.0 Å². The van der Waals surface area contributed by atoms with Crippen LogP contribution in [0.3, 0.4) is 0 Å². The number of hydrogen-bond donors (Lipinski definition) is 1. The minimum absolute atomic E-state index is 0.0605. The first-order chi connectivity index (χ1) is 10.2. The fourth-order valence-corrected chi connectivity index (χ4v) is 3.85. The molecular formula is C19H31NO. The Bertz CT molecular complexity index is 443. The summed E-state index contributed by atoms with van der Waals surface area (Å²) in [6.07, 6.45) is 6.98. The Kier molecular flexibility index (Phi) is 5.83. The molecule has 0 heterocycles. The van der Waals surface area contributed by atoms with Gasteiger partial charge in [0.15, 0.2) is 0 Å². The SMILES string of the molecule is CCNC(Cc1ccc2c(c1)CCC2)C(CC)(CC)OC. The van der Waals surface area contributed by atoms with Crippen LogP contribution in [0.1, 0.15) is 56.7 Å². The maximum Gasteiger partial charge on any atom is 0.0828 e. The number of aryl methyl sites for hydroxylation is 2. The van der Waals surface area contributed by atoms with Gasteiger partial charge in [-0.05, 0) is 61.8 Å². The van der Waals surface area contributed by atoms with Crippen molar-refractivity contribution in [3.8, 4) is 0 Å². The smallest absolute Gasteiger partial charge is 0.0828 e. The second-order valence-corrected chi connectivity index (χ2v) is 6.25. The molecule has 0 spiro atoms. The highest BCUT2D eigenvalue weighted by atomic mass is 16.5. The van der Waals surface area contributed by atoms with Crippen LogP contribution in [0.5, 0.6) is 0 Å². The number of benzene rings is 1. The Hall–Kier alpha value is -0.860. The summed E-state index contributed by atoms with van der Waals surface area (Å²) >= 11 is 0. The lowest BCUT2D eigenvalue weighted by Crippen LogP contribution is -2.52. The Balaban J connectivity index is 2.19. The van der Waals surface area contributed by atoms with Gasteiger partial charge in [0.25, 0.3) is 0 Å². The summed E-state index contributed by atoms with van der Waals surface area (Å²) in [5, 5.41) is 3.67. The van der Waals surface area contributed by atoms with Crippen molar-refractivity contribution in [2.45, 2.75) is 70.9 Å². The van der Waals surface area contributed by atoms with Crippen LogP contribution in [-0.4, -0.2) is 25.3 Å². The molecule has 1 aromatic carbocycles. The van der Waals surface area contributed by atoms with Crippen molar-refractivity contribution in [2.75, 3.05) is 13.7 Å². The van der Waals surface area contributed by atoms with E-state index in [-0.39, 0.29) is 5.60 Å². The van der Waals surface area contributed by atoms with Gasteiger partial charge in [-0.25, -0.2) is 0 Å². The lowest BCUT2D eigenvalue weighted by atomic mass is 9.84. The normalized spacial score (nSPS) is 16.0. The van der Waals surface area contributed by atoms with Crippen molar-refractivity contribution < 1.29 is 4.74 Å². The summed E-state index contributed by atoms with van der Waals surface area (Å²) in [6.45, 7) is 7.64. The third-order valence-corrected chi connectivity index (χ3v) is 5.29. The van der Waals surface area contributed by atoms with Crippen LogP contribution < -0.4 is 5.32 Å². The van der Waals surface area contributed by atoms with E-state index in [2.05, 4.69) is 44.3 Å². The topological polar surface area (TPSA) is 21.3 Å². The molecular weight excluding hydrogens is 258 g/mol. The second kappa shape index (κ2) is 7.42. The fourth-order valence-electron chi connectivity index (χ4n) is 3.85. The van der Waals surface area contributed by atoms with Gasteiger partial charge < -0.3 is 10.1 Å². The molecule has 0 aliphatic heterocycles. The Morgan fingerprint density at radius 3 is 2.48 bits per heavy atom. The van der Waals surface area contributed by atoms with Crippen molar-refractivity contribution in [3.05, 3.63) is 34.9 Å². The highest BCUT2D eigenvalue weighted by molar-refractivity contribution is 5.35. The second-order valence-electron chi connectivity index (χ2n) is 6.25. The van der Waals surface area contributed by atoms with Gasteiger partial charge in [-0.15, -0.1) is 0 Å². The zero-order chi connectivity index (χ0) is 15.3. The van der Waals surface area contributed by atoms with E-state index in [0.29, 0.717) is 6.04 Å². The monoisotopic (exact) mass is 289 g/mol. The molecule has 0 amide bonds. The van der Waals surface area contributed by atoms with E-state index in [1.165, 1.54) is 24.8 Å². The van der Waals surface area contributed by atoms with Gasteiger partial charge in [-0.2, -0.15) is 0 Å². The van der Waals surface area contributed by atoms with Crippen LogP contribution in [0.2, 0.25) is 0 Å². The number of likely N-dealkylation sites (N-methyl/N-ethyl adjacent to an activating group) is 1. The zero-order valence-electron chi connectivity index (χ0n) is 14.2. The van der Waals surface area contributed by atoms with Gasteiger partial charge in [-0.1, -0.05) is 39.0 Å². The summed E-state index contributed by atoms with van der Waals surface area (Å²) in [6, 6.07) is 7.47. The predicted molar refractivity (Wildman–Crippen MR) is 90.0 cm³/mol. The lowest BCUT2D eigenvalue weighted by molar-refractivity contribution is -0.0468. The zero-order valence-corrected chi connectivity index (χ0v) is 14.2. The Morgan fingerprint density at radius 1 is 1.14 bits per heavy atom. The Labute approximate surface area is 130 Å². The van der Waals surface area contributed by atoms with E-state index in [9.17, 15) is 0 Å². The van der Waals surface area contributed by atoms with Crippen molar-refractivity contribution in [3.63, 3.8) is 0 Å². The van der Waals surface area contributed by atoms with E-state index >= 15 is 0 Å². The largest absolute Gasteiger partial charge is 0.377 e. The van der Waals surface area contributed by atoms with Crippen LogP contribution in [0.25, 0.3) is 0 Å². The molecule has 0 radical (unpaired) electrons. The molecule has 0 fully saturated rings. The predicted octanol–water partition coefficient (Wildman–Crippen LogP) is 3.90. The molecule has 0 saturated heterocycles. The number of nitrogens with one attached hydrogen (secondary N) is 1. The van der Waals surface area contributed by atoms with Crippen molar-refractivity contribution in [1.29, 1.82) is 0 Å². The first kappa shape index (κ1) is 16.5. The van der Waals surface area contributed by atoms with Crippen LogP contribution in [0.4, 0.5) is 0 Å². The third kappa shape index (κ3) is 3.49. The van der Waals surface area contributed by atoms with E-state index in [4.69, 9.17) is 4.74 Å². The van der Waals surface area contributed by atoms with Crippen LogP contribution in [0, 0.1) is 0 Å². The highest BCUT2D eigenvalue weighted by Crippen LogP contribution is 2.28. The number of rotatable bonds is 8. The standard InChI is InChI=1S/C19H31NO/c1-5-19(6-2,21-4)18(20-7-3)14-15-11-12-16-9-8-10-17(16)13-15/h11-13,18,20H,5-10,14H2,1-4H3. The molecule has 0 bridgehead atoms. The Morgan fingerprint density at radius 2 is 1.86 bits per heavy atom. The van der Waals surface area contributed by atoms with Gasteiger partial charge in [0, 0.05) is 13.2 Å². The van der Waals surface area contributed by atoms with Gasteiger partial charge >= 0.3 is 0 Å². The molecule has 2 nitrogen and oxygen atoms in total. The van der Waals surface area contributed by atoms with Gasteiger partial charge in [-0.3, -0.25) is 0 Å². The molecule has 1 atom stereocenters. The minimum atomic E-state index is -0.0605. The molecule has 1 aliphatic rings. The molecule has 2 rings (SSSR count). The number of hydrogen-bond acceptors (Lipinski definition) is 2. The summed E-state index contributed by atoms with van der Waals surface area (Å²) in [4.78, 5) is 0. The number of ether oxygens (including phenoxy) is 1. The first-order valence-corrected chi connectivity index (χ1v) is 8.58. The molecule has 2 heteroatoms. The van der Waals surface area contributed by atoms with E-state index < -0.39 is 0 Å². The number of methoxy groups -OCH3 is 1. The minimum Gasteiger partial charge on any atom is -0.377 e. The van der Waals surface area contributed by atoms with E-state index in [1.54, 1.807) is 11.1 Å². The van der Waals surface area contributed by atoms with E-state index in [1.807, 2.05) is 7.11 Å². The highest BCUT2D eigenvalue weighted by Gasteiger charge is 2.35. The molecule has 1 unspecified atom stereocenters. The molecule has 1 N–H and O–H groups in total.